The molecule has 0 N–H and O–H groups in total. The highest BCUT2D eigenvalue weighted by Gasteiger charge is 2.34. The Morgan fingerprint density at radius 1 is 1.19 bits per heavy atom. The molecule has 2 aliphatic rings. The van der Waals surface area contributed by atoms with Crippen LogP contribution in [0.1, 0.15) is 43.5 Å². The summed E-state index contributed by atoms with van der Waals surface area (Å²) >= 11 is 0. The van der Waals surface area contributed by atoms with Crippen molar-refractivity contribution in [2.24, 2.45) is 11.8 Å². The summed E-state index contributed by atoms with van der Waals surface area (Å²) in [6, 6.07) is 5.85. The molecular formula is C21H32N2O3. The van der Waals surface area contributed by atoms with Gasteiger partial charge < -0.3 is 14.4 Å². The SMILES string of the molecule is COc1ccc(C(=O)N2CCCN(CC3CC3)[C@@H](C(C)C)C2)c(OC)c1. The molecule has 3 rings (SSSR count). The molecule has 1 amide bonds. The minimum absolute atomic E-state index is 0.0587. The molecule has 1 aromatic rings. The maximum absolute atomic E-state index is 13.2. The number of amides is 1. The summed E-state index contributed by atoms with van der Waals surface area (Å²) in [6.45, 7) is 8.41. The third-order valence-electron chi connectivity index (χ3n) is 5.64. The second kappa shape index (κ2) is 8.30. The summed E-state index contributed by atoms with van der Waals surface area (Å²) in [4.78, 5) is 17.9. The van der Waals surface area contributed by atoms with Crippen LogP contribution in [0.15, 0.2) is 18.2 Å². The molecule has 0 bridgehead atoms. The number of ether oxygens (including phenoxy) is 2. The van der Waals surface area contributed by atoms with Crippen LogP contribution in [0.3, 0.4) is 0 Å². The first kappa shape index (κ1) is 19.0. The Kier molecular flexibility index (Phi) is 6.07. The molecule has 1 aliphatic heterocycles. The quantitative estimate of drug-likeness (QED) is 0.781. The van der Waals surface area contributed by atoms with Gasteiger partial charge in [0.25, 0.3) is 5.91 Å². The highest BCUT2D eigenvalue weighted by atomic mass is 16.5. The van der Waals surface area contributed by atoms with Crippen LogP contribution >= 0.6 is 0 Å². The number of rotatable bonds is 6. The molecule has 5 heteroatoms. The lowest BCUT2D eigenvalue weighted by molar-refractivity contribution is 0.0701. The number of nitrogens with zero attached hydrogens (tertiary/aromatic N) is 2. The van der Waals surface area contributed by atoms with Gasteiger partial charge in [-0.15, -0.1) is 0 Å². The zero-order valence-electron chi connectivity index (χ0n) is 16.5. The fourth-order valence-corrected chi connectivity index (χ4v) is 3.88. The van der Waals surface area contributed by atoms with Crippen molar-refractivity contribution >= 4 is 5.91 Å². The summed E-state index contributed by atoms with van der Waals surface area (Å²) in [5.74, 6) is 2.74. The fraction of sp³-hybridized carbons (Fsp3) is 0.667. The van der Waals surface area contributed by atoms with E-state index in [2.05, 4.69) is 18.7 Å². The lowest BCUT2D eigenvalue weighted by atomic mass is 10.0. The number of carbonyl (C=O) groups is 1. The first-order chi connectivity index (χ1) is 12.5. The fourth-order valence-electron chi connectivity index (χ4n) is 3.88. The smallest absolute Gasteiger partial charge is 0.257 e. The van der Waals surface area contributed by atoms with E-state index < -0.39 is 0 Å². The lowest BCUT2D eigenvalue weighted by Gasteiger charge is -2.34. The molecule has 5 nitrogen and oxygen atoms in total. The summed E-state index contributed by atoms with van der Waals surface area (Å²) in [5, 5.41) is 0. The molecule has 1 saturated carbocycles. The van der Waals surface area contributed by atoms with Crippen molar-refractivity contribution in [1.82, 2.24) is 9.80 Å². The van der Waals surface area contributed by atoms with Crippen LogP contribution in [0.25, 0.3) is 0 Å². The highest BCUT2D eigenvalue weighted by molar-refractivity contribution is 5.97. The third kappa shape index (κ3) is 4.32. The van der Waals surface area contributed by atoms with Gasteiger partial charge in [0, 0.05) is 38.3 Å². The minimum atomic E-state index is 0.0587. The molecule has 0 unspecified atom stereocenters. The molecule has 0 radical (unpaired) electrons. The normalized spacial score (nSPS) is 21.6. The maximum Gasteiger partial charge on any atom is 0.257 e. The molecule has 1 heterocycles. The van der Waals surface area contributed by atoms with E-state index in [1.54, 1.807) is 20.3 Å². The van der Waals surface area contributed by atoms with Crippen LogP contribution in [0, 0.1) is 11.8 Å². The van der Waals surface area contributed by atoms with Crippen molar-refractivity contribution in [1.29, 1.82) is 0 Å². The molecule has 26 heavy (non-hydrogen) atoms. The van der Waals surface area contributed by atoms with Gasteiger partial charge in [-0.3, -0.25) is 9.69 Å². The van der Waals surface area contributed by atoms with Crippen molar-refractivity contribution in [2.45, 2.75) is 39.2 Å². The van der Waals surface area contributed by atoms with Crippen molar-refractivity contribution in [2.75, 3.05) is 40.4 Å². The molecule has 1 aliphatic carbocycles. The Balaban J connectivity index is 1.78. The molecule has 1 aromatic carbocycles. The zero-order chi connectivity index (χ0) is 18.7. The highest BCUT2D eigenvalue weighted by Crippen LogP contribution is 2.32. The monoisotopic (exact) mass is 360 g/mol. The third-order valence-corrected chi connectivity index (χ3v) is 5.64. The van der Waals surface area contributed by atoms with Crippen LogP contribution in [0.4, 0.5) is 0 Å². The summed E-state index contributed by atoms with van der Waals surface area (Å²) in [7, 11) is 3.22. The number of benzene rings is 1. The van der Waals surface area contributed by atoms with Gasteiger partial charge in [0.05, 0.1) is 19.8 Å². The summed E-state index contributed by atoms with van der Waals surface area (Å²) in [5.41, 5.74) is 0.617. The molecule has 0 spiro atoms. The average Bonchev–Trinajstić information content (AvgIpc) is 3.47. The van der Waals surface area contributed by atoms with Crippen LogP contribution < -0.4 is 9.47 Å². The first-order valence-electron chi connectivity index (χ1n) is 9.78. The van der Waals surface area contributed by atoms with Gasteiger partial charge >= 0.3 is 0 Å². The van der Waals surface area contributed by atoms with Gasteiger partial charge in [-0.1, -0.05) is 13.8 Å². The van der Waals surface area contributed by atoms with E-state index in [9.17, 15) is 4.79 Å². The number of methoxy groups -OCH3 is 2. The van der Waals surface area contributed by atoms with Crippen molar-refractivity contribution in [3.63, 3.8) is 0 Å². The van der Waals surface area contributed by atoms with Crippen LogP contribution in [-0.4, -0.2) is 62.1 Å². The largest absolute Gasteiger partial charge is 0.497 e. The molecule has 2 fully saturated rings. The second-order valence-corrected chi connectivity index (χ2v) is 7.92. The van der Waals surface area contributed by atoms with E-state index >= 15 is 0 Å². The van der Waals surface area contributed by atoms with Gasteiger partial charge in [0.2, 0.25) is 0 Å². The topological polar surface area (TPSA) is 42.0 Å². The Bertz CT molecular complexity index is 628. The number of hydrogen-bond donors (Lipinski definition) is 0. The number of hydrogen-bond acceptors (Lipinski definition) is 4. The molecular weight excluding hydrogens is 328 g/mol. The molecule has 1 saturated heterocycles. The second-order valence-electron chi connectivity index (χ2n) is 7.92. The molecule has 1 atom stereocenters. The Labute approximate surface area is 157 Å². The van der Waals surface area contributed by atoms with E-state index in [4.69, 9.17) is 9.47 Å². The van der Waals surface area contributed by atoms with Gasteiger partial charge in [0.15, 0.2) is 0 Å². The van der Waals surface area contributed by atoms with E-state index in [0.29, 0.717) is 29.0 Å². The van der Waals surface area contributed by atoms with Crippen LogP contribution in [0.5, 0.6) is 11.5 Å². The van der Waals surface area contributed by atoms with Gasteiger partial charge in [-0.25, -0.2) is 0 Å². The van der Waals surface area contributed by atoms with E-state index in [0.717, 1.165) is 32.0 Å². The van der Waals surface area contributed by atoms with Gasteiger partial charge in [-0.05, 0) is 43.2 Å². The first-order valence-corrected chi connectivity index (χ1v) is 9.78. The Morgan fingerprint density at radius 2 is 1.96 bits per heavy atom. The molecule has 144 valence electrons. The van der Waals surface area contributed by atoms with Gasteiger partial charge in [-0.2, -0.15) is 0 Å². The van der Waals surface area contributed by atoms with E-state index in [1.807, 2.05) is 17.0 Å². The Morgan fingerprint density at radius 3 is 2.58 bits per heavy atom. The standard InChI is InChI=1S/C21H32N2O3/c1-15(2)19-14-23(11-5-10-22(19)13-16-6-7-16)21(24)18-9-8-17(25-3)12-20(18)26-4/h8-9,12,15-16,19H,5-7,10-11,13-14H2,1-4H3/t19-/m1/s1. The van der Waals surface area contributed by atoms with Crippen molar-refractivity contribution < 1.29 is 14.3 Å². The summed E-state index contributed by atoms with van der Waals surface area (Å²) < 4.78 is 10.7. The van der Waals surface area contributed by atoms with E-state index in [1.165, 1.54) is 19.4 Å². The van der Waals surface area contributed by atoms with E-state index in [-0.39, 0.29) is 5.91 Å². The average molecular weight is 360 g/mol. The maximum atomic E-state index is 13.2. The minimum Gasteiger partial charge on any atom is -0.497 e. The van der Waals surface area contributed by atoms with Gasteiger partial charge in [0.1, 0.15) is 11.5 Å². The Hall–Kier alpha value is -1.75. The zero-order valence-corrected chi connectivity index (χ0v) is 16.5. The van der Waals surface area contributed by atoms with Crippen molar-refractivity contribution in [3.8, 4) is 11.5 Å². The predicted molar refractivity (Wildman–Crippen MR) is 103 cm³/mol. The lowest BCUT2D eigenvalue weighted by Crippen LogP contribution is -2.46. The van der Waals surface area contributed by atoms with Crippen LogP contribution in [-0.2, 0) is 0 Å². The van der Waals surface area contributed by atoms with Crippen molar-refractivity contribution in [3.05, 3.63) is 23.8 Å². The molecule has 0 aromatic heterocycles. The number of carbonyl (C=O) groups excluding carboxylic acids is 1. The summed E-state index contributed by atoms with van der Waals surface area (Å²) in [6.07, 6.45) is 3.76. The van der Waals surface area contributed by atoms with Crippen LogP contribution in [0.2, 0.25) is 0 Å². The predicted octanol–water partition coefficient (Wildman–Crippen LogP) is 3.29.